The summed E-state index contributed by atoms with van der Waals surface area (Å²) in [4.78, 5) is 92.9. The zero-order chi connectivity index (χ0) is 34.8. The number of hydrogen-bond acceptors (Lipinski definition) is 9. The monoisotopic (exact) mass is 642 g/mol. The minimum atomic E-state index is -2.74. The molecule has 0 aliphatic heterocycles. The maximum atomic E-state index is 14.5. The first-order valence-corrected chi connectivity index (χ1v) is 16.3. The molecule has 9 nitrogen and oxygen atoms in total. The number of aliphatic hydroxyl groups is 1. The van der Waals surface area contributed by atoms with E-state index in [9.17, 15) is 43.8 Å². The number of Topliss-reactive ketones (excluding diaryl/α,β-unsaturated/α-hetero) is 7. The molecule has 0 radical (unpaired) electrons. The van der Waals surface area contributed by atoms with Crippen LogP contribution >= 0.6 is 0 Å². The number of aromatic hydroxyl groups is 1. The normalized spacial score (nSPS) is 30.1. The molecule has 47 heavy (non-hydrogen) atoms. The second-order valence-electron chi connectivity index (χ2n) is 14.6. The van der Waals surface area contributed by atoms with Crippen molar-refractivity contribution < 1.29 is 43.8 Å². The maximum Gasteiger partial charge on any atom is 0.190 e. The van der Waals surface area contributed by atoms with E-state index in [0.29, 0.717) is 23.1 Å². The van der Waals surface area contributed by atoms with Gasteiger partial charge in [-0.15, -0.1) is 0 Å². The average molecular weight is 643 g/mol. The first-order chi connectivity index (χ1) is 21.9. The number of carbonyl (C=O) groups excluding carboxylic acids is 7. The largest absolute Gasteiger partial charge is 0.507 e. The third kappa shape index (κ3) is 5.14. The number of benzene rings is 2. The highest BCUT2D eigenvalue weighted by Crippen LogP contribution is 2.64. The second-order valence-corrected chi connectivity index (χ2v) is 14.6. The number of hydrogen-bond donors (Lipinski definition) is 2. The fraction of sp³-hybridized carbons (Fsp3) is 0.500. The van der Waals surface area contributed by atoms with Crippen molar-refractivity contribution in [3.05, 3.63) is 53.1 Å². The van der Waals surface area contributed by atoms with E-state index in [0.717, 1.165) is 12.5 Å². The van der Waals surface area contributed by atoms with Crippen LogP contribution in [0.1, 0.15) is 88.7 Å². The van der Waals surface area contributed by atoms with Gasteiger partial charge < -0.3 is 10.2 Å². The predicted molar refractivity (Wildman–Crippen MR) is 172 cm³/mol. The van der Waals surface area contributed by atoms with Crippen LogP contribution < -0.4 is 0 Å². The second kappa shape index (κ2) is 11.8. The Balaban J connectivity index is 1.56. The van der Waals surface area contributed by atoms with Crippen molar-refractivity contribution in [2.45, 2.75) is 85.7 Å². The van der Waals surface area contributed by atoms with Gasteiger partial charge in [0.05, 0.1) is 11.5 Å². The highest BCUT2D eigenvalue weighted by molar-refractivity contribution is 6.32. The van der Waals surface area contributed by atoms with Crippen molar-refractivity contribution >= 4 is 40.5 Å². The maximum absolute atomic E-state index is 14.5. The molecule has 2 N–H and O–H groups in total. The number of phenols is 1. The quantitative estimate of drug-likeness (QED) is 0.372. The van der Waals surface area contributed by atoms with E-state index in [1.807, 2.05) is 12.1 Å². The lowest BCUT2D eigenvalue weighted by Crippen LogP contribution is -2.76. The molecule has 9 heteroatoms. The first kappa shape index (κ1) is 34.2. The average Bonchev–Trinajstić information content (AvgIpc) is 2.98. The minimum Gasteiger partial charge on any atom is -0.507 e. The van der Waals surface area contributed by atoms with Gasteiger partial charge in [-0.25, -0.2) is 0 Å². The van der Waals surface area contributed by atoms with Crippen LogP contribution in [0, 0.1) is 34.5 Å². The van der Waals surface area contributed by atoms with E-state index < -0.39 is 69.0 Å². The van der Waals surface area contributed by atoms with Gasteiger partial charge in [0.25, 0.3) is 0 Å². The molecule has 0 saturated heterocycles. The molecule has 248 valence electrons. The highest BCUT2D eigenvalue weighted by Gasteiger charge is 2.76. The molecule has 2 fully saturated rings. The zero-order valence-corrected chi connectivity index (χ0v) is 27.8. The molecule has 3 aliphatic carbocycles. The van der Waals surface area contributed by atoms with Crippen LogP contribution in [0.2, 0.25) is 0 Å². The molecule has 0 amide bonds. The van der Waals surface area contributed by atoms with E-state index in [1.54, 1.807) is 52.8 Å². The van der Waals surface area contributed by atoms with Crippen LogP contribution in [-0.4, -0.2) is 56.3 Å². The summed E-state index contributed by atoms with van der Waals surface area (Å²) >= 11 is 0. The highest BCUT2D eigenvalue weighted by atomic mass is 16.3. The topological polar surface area (TPSA) is 160 Å². The third-order valence-corrected chi connectivity index (χ3v) is 11.0. The van der Waals surface area contributed by atoms with Crippen molar-refractivity contribution in [2.24, 2.45) is 34.5 Å². The molecular formula is C38H42O9. The van der Waals surface area contributed by atoms with Gasteiger partial charge in [-0.2, -0.15) is 0 Å². The number of fused-ring (bicyclic) bond motifs is 3. The third-order valence-electron chi connectivity index (χ3n) is 11.0. The van der Waals surface area contributed by atoms with Gasteiger partial charge in [-0.3, -0.25) is 33.6 Å². The predicted octanol–water partition coefficient (Wildman–Crippen LogP) is 4.63. The molecule has 6 atom stereocenters. The molecule has 2 saturated carbocycles. The Kier molecular flexibility index (Phi) is 8.63. The summed E-state index contributed by atoms with van der Waals surface area (Å²) in [5, 5.41) is 23.1. The summed E-state index contributed by atoms with van der Waals surface area (Å²) in [5.41, 5.74) is -2.90. The van der Waals surface area contributed by atoms with Gasteiger partial charge in [0.15, 0.2) is 28.7 Å². The van der Waals surface area contributed by atoms with E-state index in [1.165, 1.54) is 6.07 Å². The van der Waals surface area contributed by atoms with Crippen LogP contribution in [0.4, 0.5) is 0 Å². The number of carbonyl (C=O) groups is 7. The van der Waals surface area contributed by atoms with Gasteiger partial charge in [0.1, 0.15) is 29.0 Å². The van der Waals surface area contributed by atoms with Gasteiger partial charge in [0.2, 0.25) is 0 Å². The first-order valence-electron chi connectivity index (χ1n) is 16.3. The molecule has 0 aromatic heterocycles. The molecule has 5 rings (SSSR count). The Bertz CT molecular complexity index is 1730. The Morgan fingerprint density at radius 2 is 1.53 bits per heavy atom. The fourth-order valence-corrected chi connectivity index (χ4v) is 8.98. The summed E-state index contributed by atoms with van der Waals surface area (Å²) < 4.78 is 0. The van der Waals surface area contributed by atoms with Crippen LogP contribution in [0.15, 0.2) is 36.4 Å². The van der Waals surface area contributed by atoms with Crippen molar-refractivity contribution in [1.82, 2.24) is 0 Å². The molecule has 0 heterocycles. The molecule has 2 aromatic rings. The van der Waals surface area contributed by atoms with Crippen molar-refractivity contribution in [3.8, 4) is 16.9 Å². The fourth-order valence-electron chi connectivity index (χ4n) is 8.98. The summed E-state index contributed by atoms with van der Waals surface area (Å²) in [6.07, 6.45) is 1.07. The van der Waals surface area contributed by atoms with Crippen LogP contribution in [-0.2, 0) is 41.6 Å². The standard InChI is InChI=1S/C38H42O9/c1-7-23(40)12-13-24(41)16-21-8-10-22(11-9-21)25-14-15-27(42)29-26(25)17-36(5)18-37(6)30(19(2)3)32(43)28(20(4)39)34(45)38(37,47)35(46)31(36)33(29)44/h8-11,14-15,19,28,30-31,42,47H,7,12-13,16-18H2,1-6H3/t28?,30?,31?,36-,37-,38+/m1/s1. The van der Waals surface area contributed by atoms with Crippen LogP contribution in [0.25, 0.3) is 11.1 Å². The van der Waals surface area contributed by atoms with Crippen LogP contribution in [0.5, 0.6) is 5.75 Å². The minimum absolute atomic E-state index is 0.0281. The Hall–Kier alpha value is -4.11. The van der Waals surface area contributed by atoms with Gasteiger partial charge >= 0.3 is 0 Å². The number of phenolic OH excluding ortho intramolecular Hbond substituents is 1. The number of ketones is 7. The van der Waals surface area contributed by atoms with Gasteiger partial charge in [-0.05, 0) is 59.4 Å². The van der Waals surface area contributed by atoms with Crippen molar-refractivity contribution in [2.75, 3.05) is 0 Å². The summed E-state index contributed by atoms with van der Waals surface area (Å²) in [5.74, 6) is -9.35. The molecule has 2 aromatic carbocycles. The smallest absolute Gasteiger partial charge is 0.190 e. The van der Waals surface area contributed by atoms with E-state index in [4.69, 9.17) is 0 Å². The molecule has 0 spiro atoms. The molecular weight excluding hydrogens is 600 g/mol. The van der Waals surface area contributed by atoms with E-state index in [2.05, 4.69) is 0 Å². The Labute approximate surface area is 274 Å². The zero-order valence-electron chi connectivity index (χ0n) is 27.8. The number of rotatable bonds is 9. The van der Waals surface area contributed by atoms with E-state index in [-0.39, 0.29) is 55.0 Å². The Morgan fingerprint density at radius 3 is 2.11 bits per heavy atom. The van der Waals surface area contributed by atoms with Gasteiger partial charge in [-0.1, -0.05) is 65.0 Å². The van der Waals surface area contributed by atoms with Crippen LogP contribution in [0.3, 0.4) is 0 Å². The summed E-state index contributed by atoms with van der Waals surface area (Å²) in [6, 6.07) is 10.3. The molecule has 0 bridgehead atoms. The Morgan fingerprint density at radius 1 is 0.915 bits per heavy atom. The lowest BCUT2D eigenvalue weighted by Gasteiger charge is -2.61. The van der Waals surface area contributed by atoms with E-state index >= 15 is 0 Å². The molecule has 3 unspecified atom stereocenters. The van der Waals surface area contributed by atoms with Crippen molar-refractivity contribution in [1.29, 1.82) is 0 Å². The molecule has 3 aliphatic rings. The SMILES string of the molecule is CCC(=O)CCC(=O)Cc1ccc(-c2ccc(O)c3c2C[C@]2(C)C[C@]4(C)C(C(C)C)C(=O)C(C(C)=O)C(=O)[C@]4(O)C(=O)C2C3=O)cc1. The summed E-state index contributed by atoms with van der Waals surface area (Å²) in [6.45, 7) is 9.64. The lowest BCUT2D eigenvalue weighted by molar-refractivity contribution is -0.205. The summed E-state index contributed by atoms with van der Waals surface area (Å²) in [7, 11) is 0. The van der Waals surface area contributed by atoms with Crippen molar-refractivity contribution in [3.63, 3.8) is 0 Å². The van der Waals surface area contributed by atoms with Gasteiger partial charge in [0, 0.05) is 37.0 Å². The lowest BCUT2D eigenvalue weighted by atomic mass is 9.40.